The average Bonchev–Trinajstić information content (AvgIpc) is 2.51. The van der Waals surface area contributed by atoms with E-state index in [1.165, 1.54) is 30.4 Å². The summed E-state index contributed by atoms with van der Waals surface area (Å²) in [7, 11) is 1.72. The first-order chi connectivity index (χ1) is 10.2. The van der Waals surface area contributed by atoms with Crippen LogP contribution in [0.4, 0.5) is 0 Å². The van der Waals surface area contributed by atoms with Gasteiger partial charge in [0.1, 0.15) is 5.75 Å². The molecule has 0 heterocycles. The normalized spacial score (nSPS) is 12.1. The Labute approximate surface area is 136 Å². The summed E-state index contributed by atoms with van der Waals surface area (Å²) in [6, 6.07) is 17.1. The van der Waals surface area contributed by atoms with E-state index in [9.17, 15) is 0 Å². The maximum atomic E-state index is 5.31. The van der Waals surface area contributed by atoms with Crippen LogP contribution in [0.1, 0.15) is 43.2 Å². The number of aryl methyl sites for hydroxylation is 1. The minimum atomic E-state index is 0.642. The molecule has 0 saturated carbocycles. The highest BCUT2D eigenvalue weighted by atomic mass is 79.9. The van der Waals surface area contributed by atoms with E-state index in [1.54, 1.807) is 7.11 Å². The van der Waals surface area contributed by atoms with Gasteiger partial charge in [0.15, 0.2) is 0 Å². The van der Waals surface area contributed by atoms with E-state index >= 15 is 0 Å². The van der Waals surface area contributed by atoms with Crippen LogP contribution in [0.2, 0.25) is 0 Å². The smallest absolute Gasteiger partial charge is 0.120 e. The highest BCUT2D eigenvalue weighted by molar-refractivity contribution is 9.10. The summed E-state index contributed by atoms with van der Waals surface area (Å²) in [5.41, 5.74) is 2.79. The second-order valence-electron chi connectivity index (χ2n) is 5.56. The van der Waals surface area contributed by atoms with Crippen molar-refractivity contribution in [3.63, 3.8) is 0 Å². The van der Waals surface area contributed by atoms with E-state index in [4.69, 9.17) is 4.74 Å². The summed E-state index contributed by atoms with van der Waals surface area (Å²) in [5.74, 6) is 1.57. The van der Waals surface area contributed by atoms with Gasteiger partial charge in [0.25, 0.3) is 0 Å². The lowest BCUT2D eigenvalue weighted by Crippen LogP contribution is -1.95. The lowest BCUT2D eigenvalue weighted by Gasteiger charge is -2.11. The fourth-order valence-corrected chi connectivity index (χ4v) is 3.13. The lowest BCUT2D eigenvalue weighted by molar-refractivity contribution is 0.414. The van der Waals surface area contributed by atoms with E-state index in [0.29, 0.717) is 5.92 Å². The fraction of sp³-hybridized carbons (Fsp3) is 0.368. The number of halogens is 1. The number of ether oxygens (including phenoxy) is 1. The van der Waals surface area contributed by atoms with Crippen molar-refractivity contribution in [2.45, 2.75) is 38.5 Å². The minimum Gasteiger partial charge on any atom is -0.497 e. The maximum Gasteiger partial charge on any atom is 0.120 e. The second-order valence-corrected chi connectivity index (χ2v) is 6.47. The van der Waals surface area contributed by atoms with Gasteiger partial charge in [-0.1, -0.05) is 59.6 Å². The van der Waals surface area contributed by atoms with Crippen molar-refractivity contribution in [3.05, 3.63) is 64.1 Å². The van der Waals surface area contributed by atoms with Gasteiger partial charge in [-0.05, 0) is 54.5 Å². The Bertz CT molecular complexity index is 551. The Hall–Kier alpha value is -1.28. The van der Waals surface area contributed by atoms with Crippen molar-refractivity contribution in [1.82, 2.24) is 0 Å². The highest BCUT2D eigenvalue weighted by Crippen LogP contribution is 2.24. The van der Waals surface area contributed by atoms with Gasteiger partial charge in [0.05, 0.1) is 7.11 Å². The molecule has 0 N–H and O–H groups in total. The number of hydrogen-bond acceptors (Lipinski definition) is 1. The molecule has 0 aliphatic heterocycles. The maximum absolute atomic E-state index is 5.31. The van der Waals surface area contributed by atoms with Crippen LogP contribution in [0.25, 0.3) is 0 Å². The summed E-state index contributed by atoms with van der Waals surface area (Å²) >= 11 is 3.54. The number of benzene rings is 2. The monoisotopic (exact) mass is 346 g/mol. The molecule has 2 rings (SSSR count). The summed E-state index contributed by atoms with van der Waals surface area (Å²) in [4.78, 5) is 0. The van der Waals surface area contributed by atoms with Gasteiger partial charge in [0, 0.05) is 4.47 Å². The molecule has 1 atom stereocenters. The molecule has 1 nitrogen and oxygen atoms in total. The van der Waals surface area contributed by atoms with Gasteiger partial charge < -0.3 is 4.74 Å². The number of hydrogen-bond donors (Lipinski definition) is 0. The van der Waals surface area contributed by atoms with Crippen molar-refractivity contribution in [2.75, 3.05) is 7.11 Å². The molecular weight excluding hydrogens is 324 g/mol. The van der Waals surface area contributed by atoms with Crippen LogP contribution in [0.15, 0.2) is 53.0 Å². The van der Waals surface area contributed by atoms with E-state index in [0.717, 1.165) is 16.6 Å². The average molecular weight is 347 g/mol. The predicted octanol–water partition coefficient (Wildman–Crippen LogP) is 5.97. The second kappa shape index (κ2) is 8.23. The molecule has 0 saturated heterocycles. The topological polar surface area (TPSA) is 9.23 Å². The van der Waals surface area contributed by atoms with Crippen molar-refractivity contribution in [3.8, 4) is 5.75 Å². The van der Waals surface area contributed by atoms with Gasteiger partial charge in [-0.2, -0.15) is 0 Å². The molecule has 0 spiro atoms. The number of methoxy groups -OCH3 is 1. The Morgan fingerprint density at radius 3 is 2.52 bits per heavy atom. The van der Waals surface area contributed by atoms with Gasteiger partial charge >= 0.3 is 0 Å². The van der Waals surface area contributed by atoms with Crippen LogP contribution in [-0.4, -0.2) is 7.11 Å². The molecule has 0 amide bonds. The first-order valence-electron chi connectivity index (χ1n) is 7.57. The first-order valence-corrected chi connectivity index (χ1v) is 8.36. The SMILES string of the molecule is COc1cc(Br)cc(CCCCC(C)c2ccccc2)c1. The Morgan fingerprint density at radius 2 is 1.81 bits per heavy atom. The van der Waals surface area contributed by atoms with Crippen LogP contribution >= 0.6 is 15.9 Å². The molecule has 2 heteroatoms. The summed E-state index contributed by atoms with van der Waals surface area (Å²) in [6.07, 6.45) is 4.83. The largest absolute Gasteiger partial charge is 0.497 e. The minimum absolute atomic E-state index is 0.642. The zero-order valence-corrected chi connectivity index (χ0v) is 14.4. The van der Waals surface area contributed by atoms with Crippen molar-refractivity contribution < 1.29 is 4.74 Å². The van der Waals surface area contributed by atoms with E-state index in [1.807, 2.05) is 6.07 Å². The van der Waals surface area contributed by atoms with Gasteiger partial charge in [-0.3, -0.25) is 0 Å². The molecule has 0 aliphatic carbocycles. The highest BCUT2D eigenvalue weighted by Gasteiger charge is 2.05. The van der Waals surface area contributed by atoms with Crippen LogP contribution in [0.3, 0.4) is 0 Å². The Kier molecular flexibility index (Phi) is 6.31. The van der Waals surface area contributed by atoms with Gasteiger partial charge in [-0.15, -0.1) is 0 Å². The molecular formula is C19H23BrO. The lowest BCUT2D eigenvalue weighted by atomic mass is 9.94. The Morgan fingerprint density at radius 1 is 1.05 bits per heavy atom. The number of unbranched alkanes of at least 4 members (excludes halogenated alkanes) is 1. The third-order valence-electron chi connectivity index (χ3n) is 3.89. The van der Waals surface area contributed by atoms with Crippen molar-refractivity contribution >= 4 is 15.9 Å². The van der Waals surface area contributed by atoms with E-state index in [2.05, 4.69) is 65.3 Å². The molecule has 112 valence electrons. The molecule has 0 aromatic heterocycles. The molecule has 1 unspecified atom stereocenters. The molecule has 0 aliphatic rings. The molecule has 0 bridgehead atoms. The third kappa shape index (κ3) is 5.20. The van der Waals surface area contributed by atoms with Gasteiger partial charge in [-0.25, -0.2) is 0 Å². The van der Waals surface area contributed by atoms with E-state index < -0.39 is 0 Å². The van der Waals surface area contributed by atoms with E-state index in [-0.39, 0.29) is 0 Å². The number of rotatable bonds is 7. The Balaban J connectivity index is 1.78. The predicted molar refractivity (Wildman–Crippen MR) is 93.1 cm³/mol. The standard InChI is InChI=1S/C19H23BrO/c1-15(17-10-4-3-5-11-17)8-6-7-9-16-12-18(20)14-19(13-16)21-2/h3-5,10-15H,6-9H2,1-2H3. The molecule has 2 aromatic carbocycles. The summed E-state index contributed by atoms with van der Waals surface area (Å²) < 4.78 is 6.40. The van der Waals surface area contributed by atoms with Crippen molar-refractivity contribution in [2.24, 2.45) is 0 Å². The first kappa shape index (κ1) is 16.1. The molecule has 21 heavy (non-hydrogen) atoms. The molecule has 0 fully saturated rings. The van der Waals surface area contributed by atoms with Crippen LogP contribution in [0, 0.1) is 0 Å². The van der Waals surface area contributed by atoms with Crippen LogP contribution in [-0.2, 0) is 6.42 Å². The zero-order chi connectivity index (χ0) is 15.1. The summed E-state index contributed by atoms with van der Waals surface area (Å²) in [5, 5.41) is 0. The third-order valence-corrected chi connectivity index (χ3v) is 4.35. The summed E-state index contributed by atoms with van der Waals surface area (Å²) in [6.45, 7) is 2.32. The fourth-order valence-electron chi connectivity index (χ4n) is 2.61. The molecule has 0 radical (unpaired) electrons. The molecule has 2 aromatic rings. The van der Waals surface area contributed by atoms with Crippen LogP contribution in [0.5, 0.6) is 5.75 Å². The van der Waals surface area contributed by atoms with Gasteiger partial charge in [0.2, 0.25) is 0 Å². The quantitative estimate of drug-likeness (QED) is 0.560. The van der Waals surface area contributed by atoms with Crippen LogP contribution < -0.4 is 4.74 Å². The zero-order valence-electron chi connectivity index (χ0n) is 12.8. The van der Waals surface area contributed by atoms with Crippen molar-refractivity contribution in [1.29, 1.82) is 0 Å².